The van der Waals surface area contributed by atoms with Crippen LogP contribution < -0.4 is 11.1 Å². The number of carbonyl (C=O) groups is 1. The smallest absolute Gasteiger partial charge is 0.240 e. The van der Waals surface area contributed by atoms with E-state index in [1.54, 1.807) is 6.92 Å². The Morgan fingerprint density at radius 2 is 1.88 bits per heavy atom. The van der Waals surface area contributed by atoms with Gasteiger partial charge in [0.25, 0.3) is 0 Å². The van der Waals surface area contributed by atoms with Crippen LogP contribution in [0.3, 0.4) is 0 Å². The molecular weight excluding hydrogens is 216 g/mol. The Bertz CT molecular complexity index is 244. The summed E-state index contributed by atoms with van der Waals surface area (Å²) in [4.78, 5) is 12.1. The molecule has 0 heterocycles. The molecular formula is C13H28N2O2. The predicted molar refractivity (Wildman–Crippen MR) is 70.6 cm³/mol. The lowest BCUT2D eigenvalue weighted by atomic mass is 9.84. The van der Waals surface area contributed by atoms with Crippen LogP contribution in [0.1, 0.15) is 53.9 Å². The molecule has 2 unspecified atom stereocenters. The van der Waals surface area contributed by atoms with Crippen LogP contribution in [0.15, 0.2) is 0 Å². The van der Waals surface area contributed by atoms with E-state index >= 15 is 0 Å². The molecule has 0 aliphatic rings. The number of nitrogens with two attached hydrogens (primary N) is 1. The topological polar surface area (TPSA) is 75.4 Å². The molecule has 0 bridgehead atoms. The fraction of sp³-hybridized carbons (Fsp3) is 0.923. The molecule has 0 spiro atoms. The Morgan fingerprint density at radius 1 is 1.35 bits per heavy atom. The van der Waals surface area contributed by atoms with Crippen molar-refractivity contribution < 1.29 is 9.90 Å². The Morgan fingerprint density at radius 3 is 2.24 bits per heavy atom. The minimum Gasteiger partial charge on any atom is -0.396 e. The van der Waals surface area contributed by atoms with E-state index in [9.17, 15) is 4.79 Å². The number of amides is 1. The lowest BCUT2D eigenvalue weighted by Crippen LogP contribution is -2.56. The quantitative estimate of drug-likeness (QED) is 0.661. The summed E-state index contributed by atoms with van der Waals surface area (Å²) in [7, 11) is 0. The second-order valence-corrected chi connectivity index (χ2v) is 6.07. The maximum Gasteiger partial charge on any atom is 0.240 e. The van der Waals surface area contributed by atoms with Crippen molar-refractivity contribution in [2.45, 2.75) is 65.5 Å². The van der Waals surface area contributed by atoms with Crippen molar-refractivity contribution in [2.75, 3.05) is 6.61 Å². The van der Waals surface area contributed by atoms with E-state index < -0.39 is 5.54 Å². The fourth-order valence-electron chi connectivity index (χ4n) is 1.81. The highest BCUT2D eigenvalue weighted by molar-refractivity contribution is 5.85. The van der Waals surface area contributed by atoms with E-state index in [1.807, 2.05) is 27.7 Å². The van der Waals surface area contributed by atoms with Gasteiger partial charge in [0, 0.05) is 12.6 Å². The van der Waals surface area contributed by atoms with Crippen LogP contribution in [0.5, 0.6) is 0 Å². The Hall–Kier alpha value is -0.610. The zero-order valence-electron chi connectivity index (χ0n) is 11.8. The number of hydrogen-bond donors (Lipinski definition) is 3. The molecule has 0 saturated heterocycles. The van der Waals surface area contributed by atoms with Crippen LogP contribution in [0.4, 0.5) is 0 Å². The molecule has 4 nitrogen and oxygen atoms in total. The van der Waals surface area contributed by atoms with Crippen molar-refractivity contribution in [3.8, 4) is 0 Å². The summed E-state index contributed by atoms with van der Waals surface area (Å²) in [5.41, 5.74) is 5.08. The second-order valence-electron chi connectivity index (χ2n) is 6.07. The van der Waals surface area contributed by atoms with Crippen LogP contribution in [-0.2, 0) is 4.79 Å². The van der Waals surface area contributed by atoms with Gasteiger partial charge in [-0.15, -0.1) is 0 Å². The summed E-state index contributed by atoms with van der Waals surface area (Å²) in [5, 5.41) is 12.0. The van der Waals surface area contributed by atoms with Crippen molar-refractivity contribution in [1.29, 1.82) is 0 Å². The SMILES string of the molecule is CCCC(C)(N)C(=O)NC(CCO)C(C)(C)C. The normalized spacial score (nSPS) is 17.4. The lowest BCUT2D eigenvalue weighted by Gasteiger charge is -2.34. The third-order valence-corrected chi connectivity index (χ3v) is 3.06. The number of carbonyl (C=O) groups excluding carboxylic acids is 1. The molecule has 0 rings (SSSR count). The summed E-state index contributed by atoms with van der Waals surface area (Å²) in [5.74, 6) is -0.132. The Kier molecular flexibility index (Phi) is 6.13. The Balaban J connectivity index is 4.61. The van der Waals surface area contributed by atoms with E-state index in [0.717, 1.165) is 6.42 Å². The van der Waals surface area contributed by atoms with Crippen LogP contribution in [0.2, 0.25) is 0 Å². The van der Waals surface area contributed by atoms with Gasteiger partial charge in [0.2, 0.25) is 5.91 Å². The monoisotopic (exact) mass is 244 g/mol. The Labute approximate surface area is 105 Å². The molecule has 0 aromatic heterocycles. The van der Waals surface area contributed by atoms with Crippen molar-refractivity contribution >= 4 is 5.91 Å². The fourth-order valence-corrected chi connectivity index (χ4v) is 1.81. The molecule has 0 fully saturated rings. The first-order valence-corrected chi connectivity index (χ1v) is 6.36. The van der Waals surface area contributed by atoms with Crippen LogP contribution in [-0.4, -0.2) is 29.2 Å². The van der Waals surface area contributed by atoms with Crippen molar-refractivity contribution in [2.24, 2.45) is 11.1 Å². The summed E-state index contributed by atoms with van der Waals surface area (Å²) in [6.45, 7) is 9.96. The summed E-state index contributed by atoms with van der Waals surface area (Å²) < 4.78 is 0. The van der Waals surface area contributed by atoms with Crippen molar-refractivity contribution in [3.63, 3.8) is 0 Å². The van der Waals surface area contributed by atoms with Crippen LogP contribution in [0.25, 0.3) is 0 Å². The summed E-state index contributed by atoms with van der Waals surface area (Å²) >= 11 is 0. The maximum absolute atomic E-state index is 12.1. The van der Waals surface area contributed by atoms with Gasteiger partial charge in [-0.25, -0.2) is 0 Å². The molecule has 0 aromatic rings. The number of hydrogen-bond acceptors (Lipinski definition) is 3. The van der Waals surface area contributed by atoms with Gasteiger partial charge in [-0.2, -0.15) is 0 Å². The first-order valence-electron chi connectivity index (χ1n) is 6.36. The van der Waals surface area contributed by atoms with Gasteiger partial charge in [-0.3, -0.25) is 4.79 Å². The lowest BCUT2D eigenvalue weighted by molar-refractivity contribution is -0.127. The largest absolute Gasteiger partial charge is 0.396 e. The molecule has 2 atom stereocenters. The average Bonchev–Trinajstić information content (AvgIpc) is 2.15. The third-order valence-electron chi connectivity index (χ3n) is 3.06. The van der Waals surface area contributed by atoms with Crippen LogP contribution >= 0.6 is 0 Å². The highest BCUT2D eigenvalue weighted by atomic mass is 16.3. The van der Waals surface area contributed by atoms with E-state index in [-0.39, 0.29) is 24.0 Å². The van der Waals surface area contributed by atoms with E-state index in [2.05, 4.69) is 5.32 Å². The number of nitrogens with one attached hydrogen (secondary N) is 1. The maximum atomic E-state index is 12.1. The standard InChI is InChI=1S/C13H28N2O2/c1-6-8-13(5,14)11(17)15-10(7-9-16)12(2,3)4/h10,16H,6-9,14H2,1-5H3,(H,15,17). The van der Waals surface area contributed by atoms with Gasteiger partial charge in [0.15, 0.2) is 0 Å². The van der Waals surface area contributed by atoms with Gasteiger partial charge >= 0.3 is 0 Å². The zero-order chi connectivity index (χ0) is 13.7. The van der Waals surface area contributed by atoms with Gasteiger partial charge in [0.05, 0.1) is 5.54 Å². The highest BCUT2D eigenvalue weighted by Crippen LogP contribution is 2.22. The summed E-state index contributed by atoms with van der Waals surface area (Å²) in [6.07, 6.45) is 2.09. The second kappa shape index (κ2) is 6.36. The number of aliphatic hydroxyl groups is 1. The van der Waals surface area contributed by atoms with Gasteiger partial charge in [-0.05, 0) is 25.2 Å². The van der Waals surface area contributed by atoms with E-state index in [4.69, 9.17) is 10.8 Å². The molecule has 0 aromatic carbocycles. The van der Waals surface area contributed by atoms with E-state index in [0.29, 0.717) is 12.8 Å². The van der Waals surface area contributed by atoms with Crippen molar-refractivity contribution in [1.82, 2.24) is 5.32 Å². The molecule has 17 heavy (non-hydrogen) atoms. The van der Waals surface area contributed by atoms with Gasteiger partial charge < -0.3 is 16.2 Å². The number of rotatable bonds is 6. The third kappa shape index (κ3) is 5.50. The molecule has 0 saturated carbocycles. The summed E-state index contributed by atoms with van der Waals surface area (Å²) in [6, 6.07) is -0.0558. The highest BCUT2D eigenvalue weighted by Gasteiger charge is 2.32. The molecule has 4 heteroatoms. The average molecular weight is 244 g/mol. The van der Waals surface area contributed by atoms with E-state index in [1.165, 1.54) is 0 Å². The molecule has 4 N–H and O–H groups in total. The van der Waals surface area contributed by atoms with Gasteiger partial charge in [-0.1, -0.05) is 34.1 Å². The van der Waals surface area contributed by atoms with Gasteiger partial charge in [0.1, 0.15) is 0 Å². The zero-order valence-corrected chi connectivity index (χ0v) is 11.8. The molecule has 0 aliphatic heterocycles. The first kappa shape index (κ1) is 16.4. The van der Waals surface area contributed by atoms with Crippen LogP contribution in [0, 0.1) is 5.41 Å². The molecule has 1 amide bonds. The molecule has 102 valence electrons. The first-order chi connectivity index (χ1) is 7.65. The predicted octanol–water partition coefficient (Wildman–Crippen LogP) is 1.42. The minimum atomic E-state index is -0.826. The number of aliphatic hydroxyl groups excluding tert-OH is 1. The molecule has 0 radical (unpaired) electrons. The van der Waals surface area contributed by atoms with Crippen molar-refractivity contribution in [3.05, 3.63) is 0 Å². The minimum absolute atomic E-state index is 0.0558. The molecule has 0 aliphatic carbocycles.